The second-order valence-electron chi connectivity index (χ2n) is 5.19. The van der Waals surface area contributed by atoms with E-state index in [4.69, 9.17) is 0 Å². The minimum Gasteiger partial charge on any atom is -0.381 e. The van der Waals surface area contributed by atoms with Crippen molar-refractivity contribution in [2.24, 2.45) is 7.05 Å². The van der Waals surface area contributed by atoms with Crippen molar-refractivity contribution in [2.45, 2.75) is 26.3 Å². The van der Waals surface area contributed by atoms with Crippen LogP contribution >= 0.6 is 0 Å². The van der Waals surface area contributed by atoms with Gasteiger partial charge in [-0.25, -0.2) is 0 Å². The Morgan fingerprint density at radius 2 is 2.25 bits per heavy atom. The number of carbonyl (C=O) groups excluding carboxylic acids is 1. The largest absolute Gasteiger partial charge is 0.381 e. The Labute approximate surface area is 118 Å². The fourth-order valence-electron chi connectivity index (χ4n) is 2.51. The second-order valence-corrected chi connectivity index (χ2v) is 5.19. The molecule has 20 heavy (non-hydrogen) atoms. The maximum absolute atomic E-state index is 11.3. The first-order valence-electron chi connectivity index (χ1n) is 6.77. The average Bonchev–Trinajstić information content (AvgIpc) is 2.74. The third kappa shape index (κ3) is 2.52. The Morgan fingerprint density at radius 1 is 1.40 bits per heavy atom. The first kappa shape index (κ1) is 12.7. The molecule has 0 radical (unpaired) electrons. The topological polar surface area (TPSA) is 59.0 Å². The van der Waals surface area contributed by atoms with E-state index in [0.717, 1.165) is 30.0 Å². The van der Waals surface area contributed by atoms with Crippen LogP contribution in [0.5, 0.6) is 0 Å². The van der Waals surface area contributed by atoms with Crippen LogP contribution in [-0.2, 0) is 24.8 Å². The van der Waals surface area contributed by atoms with Gasteiger partial charge in [-0.3, -0.25) is 9.48 Å². The highest BCUT2D eigenvalue weighted by Gasteiger charge is 2.14. The first-order chi connectivity index (χ1) is 9.61. The van der Waals surface area contributed by atoms with Gasteiger partial charge < -0.3 is 10.6 Å². The number of anilines is 2. The Balaban J connectivity index is 1.72. The number of hydrogen-bond acceptors (Lipinski definition) is 3. The molecule has 1 aliphatic rings. The fourth-order valence-corrected chi connectivity index (χ4v) is 2.51. The Hall–Kier alpha value is -2.30. The summed E-state index contributed by atoms with van der Waals surface area (Å²) < 4.78 is 1.83. The van der Waals surface area contributed by atoms with Crippen LogP contribution in [-0.4, -0.2) is 15.7 Å². The molecule has 0 fully saturated rings. The maximum Gasteiger partial charge on any atom is 0.224 e. The number of nitrogens with one attached hydrogen (secondary N) is 2. The zero-order chi connectivity index (χ0) is 14.1. The van der Waals surface area contributed by atoms with E-state index in [2.05, 4.69) is 21.8 Å². The molecular formula is C15H18N4O. The SMILES string of the molecule is Cc1nn(C)cc1CNc1ccc2c(c1)CCC(=O)N2. The number of benzene rings is 1. The van der Waals surface area contributed by atoms with Crippen LogP contribution in [0.2, 0.25) is 0 Å². The molecule has 0 unspecified atom stereocenters. The normalized spacial score (nSPS) is 13.8. The quantitative estimate of drug-likeness (QED) is 0.899. The van der Waals surface area contributed by atoms with E-state index in [1.807, 2.05) is 37.0 Å². The van der Waals surface area contributed by atoms with E-state index in [0.29, 0.717) is 6.42 Å². The third-order valence-electron chi connectivity index (χ3n) is 3.60. The first-order valence-corrected chi connectivity index (χ1v) is 6.77. The van der Waals surface area contributed by atoms with Crippen LogP contribution in [0.1, 0.15) is 23.2 Å². The lowest BCUT2D eigenvalue weighted by atomic mass is 10.0. The smallest absolute Gasteiger partial charge is 0.224 e. The molecule has 2 heterocycles. The van der Waals surface area contributed by atoms with Crippen LogP contribution in [0.4, 0.5) is 11.4 Å². The Bertz CT molecular complexity index is 660. The summed E-state index contributed by atoms with van der Waals surface area (Å²) in [6, 6.07) is 6.07. The standard InChI is InChI=1S/C15H18N4O/c1-10-12(9-19(2)18-10)8-16-13-4-5-14-11(7-13)3-6-15(20)17-14/h4-5,7,9,16H,3,6,8H2,1-2H3,(H,17,20). The van der Waals surface area contributed by atoms with E-state index >= 15 is 0 Å². The highest BCUT2D eigenvalue weighted by Crippen LogP contribution is 2.26. The number of nitrogens with zero attached hydrogens (tertiary/aromatic N) is 2. The van der Waals surface area contributed by atoms with Gasteiger partial charge in [0, 0.05) is 43.1 Å². The molecule has 2 N–H and O–H groups in total. The summed E-state index contributed by atoms with van der Waals surface area (Å²) in [7, 11) is 1.93. The Morgan fingerprint density at radius 3 is 3.00 bits per heavy atom. The molecule has 104 valence electrons. The van der Waals surface area contributed by atoms with E-state index < -0.39 is 0 Å². The molecule has 1 aromatic carbocycles. The van der Waals surface area contributed by atoms with Crippen LogP contribution in [0, 0.1) is 6.92 Å². The van der Waals surface area contributed by atoms with E-state index in [1.54, 1.807) is 0 Å². The van der Waals surface area contributed by atoms with Crippen molar-refractivity contribution in [3.8, 4) is 0 Å². The number of fused-ring (bicyclic) bond motifs is 1. The molecule has 0 bridgehead atoms. The van der Waals surface area contributed by atoms with Gasteiger partial charge >= 0.3 is 0 Å². The van der Waals surface area contributed by atoms with Gasteiger partial charge in [-0.15, -0.1) is 0 Å². The number of aromatic nitrogens is 2. The van der Waals surface area contributed by atoms with Gasteiger partial charge in [-0.1, -0.05) is 0 Å². The number of hydrogen-bond donors (Lipinski definition) is 2. The molecule has 0 aliphatic carbocycles. The van der Waals surface area contributed by atoms with Crippen LogP contribution in [0.25, 0.3) is 0 Å². The molecular weight excluding hydrogens is 252 g/mol. The third-order valence-corrected chi connectivity index (χ3v) is 3.60. The molecule has 1 aromatic heterocycles. The summed E-state index contributed by atoms with van der Waals surface area (Å²) in [5.41, 5.74) is 5.44. The number of rotatable bonds is 3. The molecule has 1 amide bonds. The molecule has 0 saturated heterocycles. The van der Waals surface area contributed by atoms with Gasteiger partial charge in [-0.05, 0) is 37.1 Å². The minimum absolute atomic E-state index is 0.101. The molecule has 0 saturated carbocycles. The summed E-state index contributed by atoms with van der Waals surface area (Å²) in [6.45, 7) is 2.77. The van der Waals surface area contributed by atoms with Crippen molar-refractivity contribution in [3.05, 3.63) is 41.2 Å². The predicted octanol–water partition coefficient (Wildman–Crippen LogP) is 2.23. The predicted molar refractivity (Wildman–Crippen MR) is 78.7 cm³/mol. The zero-order valence-corrected chi connectivity index (χ0v) is 11.7. The highest BCUT2D eigenvalue weighted by atomic mass is 16.1. The van der Waals surface area contributed by atoms with Crippen LogP contribution in [0.15, 0.2) is 24.4 Å². The fraction of sp³-hybridized carbons (Fsp3) is 0.333. The van der Waals surface area contributed by atoms with Gasteiger partial charge in [0.15, 0.2) is 0 Å². The van der Waals surface area contributed by atoms with Crippen molar-refractivity contribution >= 4 is 17.3 Å². The second kappa shape index (κ2) is 5.00. The molecule has 0 spiro atoms. The molecule has 3 rings (SSSR count). The highest BCUT2D eigenvalue weighted by molar-refractivity contribution is 5.94. The maximum atomic E-state index is 11.3. The van der Waals surface area contributed by atoms with Crippen molar-refractivity contribution in [2.75, 3.05) is 10.6 Å². The number of aryl methyl sites for hydroxylation is 3. The lowest BCUT2D eigenvalue weighted by Gasteiger charge is -2.18. The molecule has 2 aromatic rings. The summed E-state index contributed by atoms with van der Waals surface area (Å²) in [5, 5.41) is 10.6. The monoisotopic (exact) mass is 270 g/mol. The summed E-state index contributed by atoms with van der Waals surface area (Å²) >= 11 is 0. The van der Waals surface area contributed by atoms with Gasteiger partial charge in [0.25, 0.3) is 0 Å². The van der Waals surface area contributed by atoms with E-state index in [9.17, 15) is 4.79 Å². The van der Waals surface area contributed by atoms with Gasteiger partial charge in [0.05, 0.1) is 5.69 Å². The molecule has 5 nitrogen and oxygen atoms in total. The zero-order valence-electron chi connectivity index (χ0n) is 11.7. The number of carbonyl (C=O) groups is 1. The van der Waals surface area contributed by atoms with Crippen molar-refractivity contribution in [3.63, 3.8) is 0 Å². The summed E-state index contributed by atoms with van der Waals surface area (Å²) in [5.74, 6) is 0.101. The summed E-state index contributed by atoms with van der Waals surface area (Å²) in [6.07, 6.45) is 3.40. The van der Waals surface area contributed by atoms with E-state index in [-0.39, 0.29) is 5.91 Å². The lowest BCUT2D eigenvalue weighted by molar-refractivity contribution is -0.116. The minimum atomic E-state index is 0.101. The van der Waals surface area contributed by atoms with Crippen LogP contribution in [0.3, 0.4) is 0 Å². The van der Waals surface area contributed by atoms with Crippen molar-refractivity contribution in [1.82, 2.24) is 9.78 Å². The van der Waals surface area contributed by atoms with Crippen molar-refractivity contribution in [1.29, 1.82) is 0 Å². The van der Waals surface area contributed by atoms with Gasteiger partial charge in [-0.2, -0.15) is 5.10 Å². The lowest BCUT2D eigenvalue weighted by Crippen LogP contribution is -2.18. The van der Waals surface area contributed by atoms with Crippen LogP contribution < -0.4 is 10.6 Å². The molecule has 1 aliphatic heterocycles. The molecule has 5 heteroatoms. The summed E-state index contributed by atoms with van der Waals surface area (Å²) in [4.78, 5) is 11.3. The number of amides is 1. The van der Waals surface area contributed by atoms with Gasteiger partial charge in [0.1, 0.15) is 0 Å². The van der Waals surface area contributed by atoms with Crippen molar-refractivity contribution < 1.29 is 4.79 Å². The Kier molecular flexibility index (Phi) is 3.18. The molecule has 0 atom stereocenters. The van der Waals surface area contributed by atoms with E-state index in [1.165, 1.54) is 11.1 Å². The van der Waals surface area contributed by atoms with Gasteiger partial charge in [0.2, 0.25) is 5.91 Å². The average molecular weight is 270 g/mol.